The number of fused-ring (bicyclic) bond motifs is 3. The molecule has 5 rings (SSSR count). The Kier molecular flexibility index (Phi) is 3.57. The number of benzene rings is 3. The first-order valence-electron chi connectivity index (χ1n) is 9.00. The highest BCUT2D eigenvalue weighted by molar-refractivity contribution is 6.03. The molecule has 0 amide bonds. The maximum atomic E-state index is 2.23. The van der Waals surface area contributed by atoms with Crippen molar-refractivity contribution in [2.45, 2.75) is 6.54 Å². The third-order valence-electron chi connectivity index (χ3n) is 5.07. The minimum absolute atomic E-state index is 0.892. The van der Waals surface area contributed by atoms with E-state index in [-0.39, 0.29) is 0 Å². The van der Waals surface area contributed by atoms with Crippen LogP contribution in [0, 0.1) is 0 Å². The van der Waals surface area contributed by atoms with Crippen LogP contribution in [0.4, 0.5) is 0 Å². The van der Waals surface area contributed by atoms with E-state index in [1.165, 1.54) is 39.0 Å². The van der Waals surface area contributed by atoms with Crippen molar-refractivity contribution < 1.29 is 0 Å². The molecule has 3 aromatic rings. The van der Waals surface area contributed by atoms with Gasteiger partial charge >= 0.3 is 0 Å². The van der Waals surface area contributed by atoms with Crippen LogP contribution in [0.15, 0.2) is 109 Å². The largest absolute Gasteiger partial charge is 0.350 e. The van der Waals surface area contributed by atoms with E-state index in [2.05, 4.69) is 108 Å². The lowest BCUT2D eigenvalue weighted by Crippen LogP contribution is -2.11. The molecule has 2 aliphatic rings. The van der Waals surface area contributed by atoms with Crippen LogP contribution in [-0.2, 0) is 6.54 Å². The highest BCUT2D eigenvalue weighted by Gasteiger charge is 2.24. The lowest BCUT2D eigenvalue weighted by molar-refractivity contribution is 0.497. The van der Waals surface area contributed by atoms with Crippen LogP contribution in [0.2, 0.25) is 0 Å². The van der Waals surface area contributed by atoms with Crippen molar-refractivity contribution >= 4 is 5.57 Å². The van der Waals surface area contributed by atoms with Gasteiger partial charge in [-0.05, 0) is 51.1 Å². The molecule has 0 atom stereocenters. The van der Waals surface area contributed by atoms with Crippen LogP contribution in [0.3, 0.4) is 0 Å². The molecular formula is C25H19N. The summed E-state index contributed by atoms with van der Waals surface area (Å²) in [7, 11) is 0. The number of hydrogen-bond donors (Lipinski definition) is 0. The van der Waals surface area contributed by atoms with E-state index in [0.29, 0.717) is 0 Å². The van der Waals surface area contributed by atoms with Crippen molar-refractivity contribution in [1.82, 2.24) is 4.90 Å². The minimum atomic E-state index is 0.892. The molecule has 0 saturated heterocycles. The molecule has 1 aliphatic carbocycles. The quantitative estimate of drug-likeness (QED) is 0.434. The van der Waals surface area contributed by atoms with Crippen LogP contribution in [-0.4, -0.2) is 4.90 Å². The van der Waals surface area contributed by atoms with E-state index in [1.807, 2.05) is 0 Å². The van der Waals surface area contributed by atoms with Crippen LogP contribution < -0.4 is 0 Å². The number of rotatable bonds is 2. The smallest absolute Gasteiger partial charge is 0.0470 e. The zero-order chi connectivity index (χ0) is 17.3. The number of allylic oxidation sites excluding steroid dienone is 3. The van der Waals surface area contributed by atoms with Crippen molar-refractivity contribution in [3.05, 3.63) is 126 Å². The first-order valence-corrected chi connectivity index (χ1v) is 9.00. The fraction of sp³-hybridized carbons (Fsp3) is 0.0400. The molecule has 0 aromatic heterocycles. The van der Waals surface area contributed by atoms with Gasteiger partial charge in [0.25, 0.3) is 0 Å². The summed E-state index contributed by atoms with van der Waals surface area (Å²) >= 11 is 0. The average molecular weight is 333 g/mol. The summed E-state index contributed by atoms with van der Waals surface area (Å²) in [6, 6.07) is 28.0. The summed E-state index contributed by atoms with van der Waals surface area (Å²) in [6.07, 6.45) is 8.83. The van der Waals surface area contributed by atoms with Crippen molar-refractivity contribution in [1.29, 1.82) is 0 Å². The fourth-order valence-electron chi connectivity index (χ4n) is 3.85. The maximum absolute atomic E-state index is 2.23. The molecule has 1 aliphatic heterocycles. The van der Waals surface area contributed by atoms with Crippen LogP contribution in [0.5, 0.6) is 0 Å². The predicted octanol–water partition coefficient (Wildman–Crippen LogP) is 6.01. The molecular weight excluding hydrogens is 314 g/mol. The molecule has 26 heavy (non-hydrogen) atoms. The van der Waals surface area contributed by atoms with E-state index in [4.69, 9.17) is 0 Å². The molecule has 0 bridgehead atoms. The molecule has 124 valence electrons. The molecule has 3 aromatic carbocycles. The Morgan fingerprint density at radius 2 is 1.04 bits per heavy atom. The summed E-state index contributed by atoms with van der Waals surface area (Å²) in [4.78, 5) is 2.23. The Labute approximate surface area is 154 Å². The highest BCUT2D eigenvalue weighted by atomic mass is 15.1. The van der Waals surface area contributed by atoms with E-state index >= 15 is 0 Å². The van der Waals surface area contributed by atoms with Gasteiger partial charge in [0.15, 0.2) is 0 Å². The second-order valence-electron chi connectivity index (χ2n) is 6.71. The summed E-state index contributed by atoms with van der Waals surface area (Å²) in [5, 5.41) is 0. The molecule has 0 saturated carbocycles. The molecule has 1 heterocycles. The van der Waals surface area contributed by atoms with E-state index in [1.54, 1.807) is 0 Å². The Hall–Kier alpha value is -3.32. The van der Waals surface area contributed by atoms with Crippen LogP contribution in [0.1, 0.15) is 16.7 Å². The summed E-state index contributed by atoms with van der Waals surface area (Å²) < 4.78 is 0. The highest BCUT2D eigenvalue weighted by Crippen LogP contribution is 2.46. The lowest BCUT2D eigenvalue weighted by Gasteiger charge is -2.20. The Balaban J connectivity index is 1.53. The van der Waals surface area contributed by atoms with Crippen LogP contribution in [0.25, 0.3) is 16.7 Å². The first kappa shape index (κ1) is 15.0. The molecule has 0 N–H and O–H groups in total. The standard InChI is InChI=1S/C25H19N/c1-2-8-19(9-3-1)18-26-16-14-20(15-17-26)25-23-12-6-4-10-21(23)22-11-5-7-13-24(22)25/h1-17H,18H2. The van der Waals surface area contributed by atoms with Gasteiger partial charge in [-0.1, -0.05) is 78.9 Å². The summed E-state index contributed by atoms with van der Waals surface area (Å²) in [5.74, 6) is 0. The molecule has 0 unspecified atom stereocenters. The van der Waals surface area contributed by atoms with Gasteiger partial charge in [0.2, 0.25) is 0 Å². The zero-order valence-corrected chi connectivity index (χ0v) is 14.5. The number of nitrogens with zero attached hydrogens (tertiary/aromatic N) is 1. The monoisotopic (exact) mass is 333 g/mol. The Morgan fingerprint density at radius 1 is 0.538 bits per heavy atom. The average Bonchev–Trinajstić information content (AvgIpc) is 3.04. The zero-order valence-electron chi connectivity index (χ0n) is 14.5. The third-order valence-corrected chi connectivity index (χ3v) is 5.07. The van der Waals surface area contributed by atoms with Gasteiger partial charge in [0, 0.05) is 18.9 Å². The van der Waals surface area contributed by atoms with Gasteiger partial charge in [-0.2, -0.15) is 0 Å². The van der Waals surface area contributed by atoms with Crippen molar-refractivity contribution in [2.75, 3.05) is 0 Å². The molecule has 0 fully saturated rings. The van der Waals surface area contributed by atoms with Crippen LogP contribution >= 0.6 is 0 Å². The Morgan fingerprint density at radius 3 is 1.62 bits per heavy atom. The third kappa shape index (κ3) is 2.49. The van der Waals surface area contributed by atoms with E-state index in [0.717, 1.165) is 6.54 Å². The van der Waals surface area contributed by atoms with E-state index < -0.39 is 0 Å². The van der Waals surface area contributed by atoms with Gasteiger partial charge < -0.3 is 4.90 Å². The fourth-order valence-corrected chi connectivity index (χ4v) is 3.85. The topological polar surface area (TPSA) is 3.24 Å². The lowest BCUT2D eigenvalue weighted by atomic mass is 9.97. The van der Waals surface area contributed by atoms with Crippen molar-refractivity contribution in [3.8, 4) is 11.1 Å². The normalized spacial score (nSPS) is 14.5. The molecule has 0 spiro atoms. The van der Waals surface area contributed by atoms with Gasteiger partial charge in [0.1, 0.15) is 0 Å². The van der Waals surface area contributed by atoms with Gasteiger partial charge in [0.05, 0.1) is 0 Å². The Bertz CT molecular complexity index is 991. The second kappa shape index (κ2) is 6.20. The van der Waals surface area contributed by atoms with Gasteiger partial charge in [-0.25, -0.2) is 0 Å². The first-order chi connectivity index (χ1) is 12.9. The predicted molar refractivity (Wildman–Crippen MR) is 108 cm³/mol. The van der Waals surface area contributed by atoms with Gasteiger partial charge in [-0.3, -0.25) is 0 Å². The summed E-state index contributed by atoms with van der Waals surface area (Å²) in [5.41, 5.74) is 9.24. The molecule has 0 radical (unpaired) electrons. The summed E-state index contributed by atoms with van der Waals surface area (Å²) in [6.45, 7) is 0.892. The van der Waals surface area contributed by atoms with E-state index in [9.17, 15) is 0 Å². The molecule has 1 nitrogen and oxygen atoms in total. The number of hydrogen-bond acceptors (Lipinski definition) is 1. The molecule has 1 heteroatoms. The van der Waals surface area contributed by atoms with Crippen molar-refractivity contribution in [3.63, 3.8) is 0 Å². The second-order valence-corrected chi connectivity index (χ2v) is 6.71. The van der Waals surface area contributed by atoms with Gasteiger partial charge in [-0.15, -0.1) is 0 Å². The SMILES string of the molecule is C1=CN(Cc2ccccc2)C=CC1=C1c2ccccc2-c2ccccc21. The van der Waals surface area contributed by atoms with Crippen molar-refractivity contribution in [2.24, 2.45) is 0 Å². The minimum Gasteiger partial charge on any atom is -0.350 e. The maximum Gasteiger partial charge on any atom is 0.0470 e.